The maximum Gasteiger partial charge on any atom is 0.0524 e. The summed E-state index contributed by atoms with van der Waals surface area (Å²) in [5.74, 6) is 0. The molecule has 0 saturated carbocycles. The van der Waals surface area contributed by atoms with Crippen LogP contribution in [-0.4, -0.2) is 30.7 Å². The molecule has 1 aliphatic carbocycles. The van der Waals surface area contributed by atoms with E-state index in [0.717, 1.165) is 6.42 Å². The third-order valence-electron chi connectivity index (χ3n) is 3.27. The smallest absolute Gasteiger partial charge is 0.0524 e. The molecule has 1 aromatic rings. The molecule has 20 heavy (non-hydrogen) atoms. The highest BCUT2D eigenvalue weighted by Gasteiger charge is 2.13. The zero-order chi connectivity index (χ0) is 14.8. The van der Waals surface area contributed by atoms with Crippen LogP contribution in [0.5, 0.6) is 0 Å². The molecule has 0 heterocycles. The number of benzene rings is 1. The van der Waals surface area contributed by atoms with E-state index < -0.39 is 0 Å². The third kappa shape index (κ3) is 3.60. The molecule has 0 spiro atoms. The molecular formula is C18H24N2. The summed E-state index contributed by atoms with van der Waals surface area (Å²) in [5.41, 5.74) is 5.09. The van der Waals surface area contributed by atoms with Gasteiger partial charge in [0.15, 0.2) is 0 Å². The summed E-state index contributed by atoms with van der Waals surface area (Å²) < 4.78 is 0. The van der Waals surface area contributed by atoms with Crippen molar-refractivity contribution in [1.29, 1.82) is 0 Å². The second-order valence-corrected chi connectivity index (χ2v) is 6.41. The third-order valence-corrected chi connectivity index (χ3v) is 3.27. The minimum Gasteiger partial charge on any atom is -0.378 e. The van der Waals surface area contributed by atoms with Gasteiger partial charge in [0.25, 0.3) is 0 Å². The van der Waals surface area contributed by atoms with Gasteiger partial charge in [-0.1, -0.05) is 30.3 Å². The second-order valence-electron chi connectivity index (χ2n) is 6.41. The first kappa shape index (κ1) is 14.6. The Morgan fingerprint density at radius 3 is 2.45 bits per heavy atom. The Kier molecular flexibility index (Phi) is 4.12. The van der Waals surface area contributed by atoms with Crippen molar-refractivity contribution in [3.05, 3.63) is 53.2 Å². The van der Waals surface area contributed by atoms with Gasteiger partial charge in [-0.15, -0.1) is 0 Å². The fraction of sp³-hybridized carbons (Fsp3) is 0.389. The molecule has 0 aromatic heterocycles. The Balaban J connectivity index is 2.31. The van der Waals surface area contributed by atoms with Crippen molar-refractivity contribution in [3.63, 3.8) is 0 Å². The van der Waals surface area contributed by atoms with Crippen molar-refractivity contribution in [3.8, 4) is 0 Å². The van der Waals surface area contributed by atoms with Gasteiger partial charge in [-0.05, 0) is 50.0 Å². The van der Waals surface area contributed by atoms with Crippen LogP contribution < -0.4 is 0 Å². The first-order chi connectivity index (χ1) is 9.37. The largest absolute Gasteiger partial charge is 0.378 e. The van der Waals surface area contributed by atoms with E-state index in [0.29, 0.717) is 0 Å². The van der Waals surface area contributed by atoms with Crippen LogP contribution in [0.1, 0.15) is 38.3 Å². The lowest BCUT2D eigenvalue weighted by molar-refractivity contribution is 0.531. The topological polar surface area (TPSA) is 15.6 Å². The summed E-state index contributed by atoms with van der Waals surface area (Å²) in [6.07, 6.45) is 7.54. The minimum atomic E-state index is -0.0375. The lowest BCUT2D eigenvalue weighted by Crippen LogP contribution is -2.10. The second kappa shape index (κ2) is 5.66. The van der Waals surface area contributed by atoms with E-state index in [1.165, 1.54) is 22.4 Å². The Hall–Kier alpha value is -1.83. The average Bonchev–Trinajstić information content (AvgIpc) is 2.85. The number of nitrogens with zero attached hydrogens (tertiary/aromatic N) is 2. The van der Waals surface area contributed by atoms with Gasteiger partial charge in [0.05, 0.1) is 5.54 Å². The molecule has 0 bridgehead atoms. The quantitative estimate of drug-likeness (QED) is 0.752. The van der Waals surface area contributed by atoms with Crippen molar-refractivity contribution in [2.45, 2.75) is 32.7 Å². The summed E-state index contributed by atoms with van der Waals surface area (Å²) in [6.45, 7) is 6.35. The predicted molar refractivity (Wildman–Crippen MR) is 88.2 cm³/mol. The minimum absolute atomic E-state index is 0.0375. The molecule has 0 unspecified atom stereocenters. The van der Waals surface area contributed by atoms with E-state index in [1.54, 1.807) is 0 Å². The SMILES string of the molecule is CN(C)C1=CCC(c2ccccc2/C=N\C(C)(C)C)=C1. The van der Waals surface area contributed by atoms with Gasteiger partial charge in [0.1, 0.15) is 0 Å². The van der Waals surface area contributed by atoms with Crippen LogP contribution >= 0.6 is 0 Å². The number of likely N-dealkylation sites (N-methyl/N-ethyl adjacent to an activating group) is 1. The van der Waals surface area contributed by atoms with Gasteiger partial charge < -0.3 is 4.90 Å². The number of hydrogen-bond acceptors (Lipinski definition) is 2. The van der Waals surface area contributed by atoms with E-state index >= 15 is 0 Å². The summed E-state index contributed by atoms with van der Waals surface area (Å²) in [5, 5.41) is 0. The first-order valence-electron chi connectivity index (χ1n) is 7.09. The zero-order valence-electron chi connectivity index (χ0n) is 13.1. The van der Waals surface area contributed by atoms with Crippen LogP contribution in [-0.2, 0) is 0 Å². The lowest BCUT2D eigenvalue weighted by Gasteiger charge is -2.13. The number of hydrogen-bond donors (Lipinski definition) is 0. The molecule has 0 N–H and O–H groups in total. The van der Waals surface area contributed by atoms with Crippen molar-refractivity contribution < 1.29 is 0 Å². The van der Waals surface area contributed by atoms with Crippen LogP contribution in [0, 0.1) is 0 Å². The van der Waals surface area contributed by atoms with Gasteiger partial charge >= 0.3 is 0 Å². The number of rotatable bonds is 3. The van der Waals surface area contributed by atoms with Crippen LogP contribution in [0.3, 0.4) is 0 Å². The molecule has 0 radical (unpaired) electrons. The maximum absolute atomic E-state index is 4.63. The summed E-state index contributed by atoms with van der Waals surface area (Å²) >= 11 is 0. The number of aliphatic imine (C=N–C) groups is 1. The molecule has 0 fully saturated rings. The van der Waals surface area contributed by atoms with Crippen molar-refractivity contribution in [2.75, 3.05) is 14.1 Å². The Bertz CT molecular complexity index is 569. The van der Waals surface area contributed by atoms with Crippen molar-refractivity contribution in [1.82, 2.24) is 4.90 Å². The monoisotopic (exact) mass is 268 g/mol. The Labute approximate surface area is 122 Å². The molecule has 106 valence electrons. The maximum atomic E-state index is 4.63. The average molecular weight is 268 g/mol. The lowest BCUT2D eigenvalue weighted by atomic mass is 9.99. The summed E-state index contributed by atoms with van der Waals surface area (Å²) in [7, 11) is 4.16. The zero-order valence-corrected chi connectivity index (χ0v) is 13.1. The highest BCUT2D eigenvalue weighted by Crippen LogP contribution is 2.29. The first-order valence-corrected chi connectivity index (χ1v) is 7.09. The molecule has 0 aliphatic heterocycles. The Morgan fingerprint density at radius 2 is 1.85 bits per heavy atom. The van der Waals surface area contributed by atoms with Gasteiger partial charge in [-0.3, -0.25) is 4.99 Å². The van der Waals surface area contributed by atoms with Gasteiger partial charge in [-0.25, -0.2) is 0 Å². The molecular weight excluding hydrogens is 244 g/mol. The summed E-state index contributed by atoms with van der Waals surface area (Å²) in [6, 6.07) is 8.49. The van der Waals surface area contributed by atoms with Crippen LogP contribution in [0.25, 0.3) is 5.57 Å². The number of allylic oxidation sites excluding steroid dienone is 3. The Morgan fingerprint density at radius 1 is 1.15 bits per heavy atom. The van der Waals surface area contributed by atoms with Gasteiger partial charge in [0, 0.05) is 26.0 Å². The summed E-state index contributed by atoms with van der Waals surface area (Å²) in [4.78, 5) is 6.78. The highest BCUT2D eigenvalue weighted by atomic mass is 15.1. The van der Waals surface area contributed by atoms with E-state index in [4.69, 9.17) is 0 Å². The predicted octanol–water partition coefficient (Wildman–Crippen LogP) is 4.14. The van der Waals surface area contributed by atoms with Crippen LogP contribution in [0.15, 0.2) is 47.1 Å². The van der Waals surface area contributed by atoms with Crippen molar-refractivity contribution >= 4 is 11.8 Å². The molecule has 2 rings (SSSR count). The van der Waals surface area contributed by atoms with Crippen molar-refractivity contribution in [2.24, 2.45) is 4.99 Å². The van der Waals surface area contributed by atoms with E-state index in [9.17, 15) is 0 Å². The highest BCUT2D eigenvalue weighted by molar-refractivity contribution is 5.90. The van der Waals surface area contributed by atoms with E-state index in [1.807, 2.05) is 6.21 Å². The molecule has 0 amide bonds. The fourth-order valence-corrected chi connectivity index (χ4v) is 2.18. The molecule has 1 aromatic carbocycles. The normalized spacial score (nSPS) is 15.4. The van der Waals surface area contributed by atoms with E-state index in [-0.39, 0.29) is 5.54 Å². The molecule has 0 saturated heterocycles. The van der Waals surface area contributed by atoms with E-state index in [2.05, 4.69) is 81.2 Å². The fourth-order valence-electron chi connectivity index (χ4n) is 2.18. The molecule has 0 atom stereocenters. The van der Waals surface area contributed by atoms with Crippen LogP contribution in [0.2, 0.25) is 0 Å². The van der Waals surface area contributed by atoms with Crippen LogP contribution in [0.4, 0.5) is 0 Å². The molecule has 2 nitrogen and oxygen atoms in total. The molecule has 2 heteroatoms. The molecule has 1 aliphatic rings. The van der Waals surface area contributed by atoms with Gasteiger partial charge in [0.2, 0.25) is 0 Å². The van der Waals surface area contributed by atoms with Gasteiger partial charge in [-0.2, -0.15) is 0 Å². The standard InChI is InChI=1S/C18H24N2/c1-18(2,3)19-13-15-8-6-7-9-17(15)14-10-11-16(12-14)20(4)5/h6-9,11-13H,10H2,1-5H3/b19-13-.